The van der Waals surface area contributed by atoms with Crippen molar-refractivity contribution in [2.75, 3.05) is 18.8 Å². The monoisotopic (exact) mass is 334 g/mol. The van der Waals surface area contributed by atoms with Gasteiger partial charge in [-0.15, -0.1) is 0 Å². The SMILES string of the molecule is CCNCCS(=O)(=O)NC(C)c1cccc(Br)c1. The van der Waals surface area contributed by atoms with Crippen molar-refractivity contribution in [3.05, 3.63) is 34.3 Å². The Bertz CT molecular complexity index is 477. The van der Waals surface area contributed by atoms with Crippen LogP contribution in [-0.4, -0.2) is 27.3 Å². The number of hydrogen-bond acceptors (Lipinski definition) is 3. The van der Waals surface area contributed by atoms with Crippen molar-refractivity contribution in [2.45, 2.75) is 19.9 Å². The minimum Gasteiger partial charge on any atom is -0.316 e. The van der Waals surface area contributed by atoms with E-state index in [4.69, 9.17) is 0 Å². The molecular formula is C12H19BrN2O2S. The van der Waals surface area contributed by atoms with Crippen molar-refractivity contribution in [1.29, 1.82) is 0 Å². The van der Waals surface area contributed by atoms with Crippen LogP contribution in [0, 0.1) is 0 Å². The average molecular weight is 335 g/mol. The van der Waals surface area contributed by atoms with Crippen LogP contribution >= 0.6 is 15.9 Å². The van der Waals surface area contributed by atoms with Crippen molar-refractivity contribution >= 4 is 26.0 Å². The molecule has 0 bridgehead atoms. The number of halogens is 1. The highest BCUT2D eigenvalue weighted by atomic mass is 79.9. The zero-order valence-corrected chi connectivity index (χ0v) is 13.0. The summed E-state index contributed by atoms with van der Waals surface area (Å²) in [4.78, 5) is 0. The standard InChI is InChI=1S/C12H19BrN2O2S/c1-3-14-7-8-18(16,17)15-10(2)11-5-4-6-12(13)9-11/h4-6,9-10,14-15H,3,7-8H2,1-2H3. The van der Waals surface area contributed by atoms with Crippen molar-refractivity contribution in [1.82, 2.24) is 10.0 Å². The molecule has 0 amide bonds. The zero-order chi connectivity index (χ0) is 13.6. The number of sulfonamides is 1. The maximum Gasteiger partial charge on any atom is 0.213 e. The summed E-state index contributed by atoms with van der Waals surface area (Å²) < 4.78 is 27.2. The van der Waals surface area contributed by atoms with Gasteiger partial charge in [0, 0.05) is 17.1 Å². The summed E-state index contributed by atoms with van der Waals surface area (Å²) in [6, 6.07) is 7.40. The van der Waals surface area contributed by atoms with E-state index >= 15 is 0 Å². The summed E-state index contributed by atoms with van der Waals surface area (Å²) in [6.07, 6.45) is 0. The van der Waals surface area contributed by atoms with Crippen LogP contribution in [-0.2, 0) is 10.0 Å². The fourth-order valence-corrected chi connectivity index (χ4v) is 3.18. The van der Waals surface area contributed by atoms with E-state index in [0.29, 0.717) is 6.54 Å². The minimum atomic E-state index is -3.24. The number of benzene rings is 1. The van der Waals surface area contributed by atoms with E-state index < -0.39 is 10.0 Å². The summed E-state index contributed by atoms with van der Waals surface area (Å²) in [5.41, 5.74) is 0.941. The van der Waals surface area contributed by atoms with Gasteiger partial charge in [0.25, 0.3) is 0 Å². The average Bonchev–Trinajstić information content (AvgIpc) is 2.28. The molecule has 0 saturated carbocycles. The third-order valence-corrected chi connectivity index (χ3v) is 4.45. The van der Waals surface area contributed by atoms with Crippen LogP contribution in [0.5, 0.6) is 0 Å². The van der Waals surface area contributed by atoms with Gasteiger partial charge < -0.3 is 5.32 Å². The lowest BCUT2D eigenvalue weighted by Gasteiger charge is -2.15. The van der Waals surface area contributed by atoms with Crippen LogP contribution in [0.15, 0.2) is 28.7 Å². The first-order valence-corrected chi connectivity index (χ1v) is 8.35. The molecule has 0 saturated heterocycles. The molecular weight excluding hydrogens is 316 g/mol. The Kier molecular flexibility index (Phi) is 6.28. The summed E-state index contributed by atoms with van der Waals surface area (Å²) in [7, 11) is -3.24. The lowest BCUT2D eigenvalue weighted by atomic mass is 10.1. The van der Waals surface area contributed by atoms with E-state index in [2.05, 4.69) is 26.0 Å². The van der Waals surface area contributed by atoms with Gasteiger partial charge in [-0.05, 0) is 31.2 Å². The second-order valence-corrected chi connectivity index (χ2v) is 6.86. The predicted molar refractivity (Wildman–Crippen MR) is 78.0 cm³/mol. The smallest absolute Gasteiger partial charge is 0.213 e. The van der Waals surface area contributed by atoms with Gasteiger partial charge in [-0.25, -0.2) is 13.1 Å². The van der Waals surface area contributed by atoms with Crippen molar-refractivity contribution in [3.63, 3.8) is 0 Å². The van der Waals surface area contributed by atoms with Gasteiger partial charge in [0.05, 0.1) is 5.75 Å². The molecule has 18 heavy (non-hydrogen) atoms. The van der Waals surface area contributed by atoms with Crippen LogP contribution in [0.2, 0.25) is 0 Å². The van der Waals surface area contributed by atoms with Gasteiger partial charge in [0.1, 0.15) is 0 Å². The summed E-state index contributed by atoms with van der Waals surface area (Å²) in [5, 5.41) is 3.00. The van der Waals surface area contributed by atoms with Gasteiger partial charge in [-0.1, -0.05) is 35.0 Å². The van der Waals surface area contributed by atoms with Crippen molar-refractivity contribution < 1.29 is 8.42 Å². The molecule has 1 atom stereocenters. The highest BCUT2D eigenvalue weighted by molar-refractivity contribution is 9.10. The molecule has 102 valence electrons. The molecule has 6 heteroatoms. The first-order valence-electron chi connectivity index (χ1n) is 5.91. The lowest BCUT2D eigenvalue weighted by Crippen LogP contribution is -2.33. The fraction of sp³-hybridized carbons (Fsp3) is 0.500. The van der Waals surface area contributed by atoms with Gasteiger partial charge in [0.2, 0.25) is 10.0 Å². The highest BCUT2D eigenvalue weighted by Crippen LogP contribution is 2.18. The summed E-state index contributed by atoms with van der Waals surface area (Å²) >= 11 is 3.37. The normalized spacial score (nSPS) is 13.5. The molecule has 0 aliphatic rings. The number of rotatable bonds is 7. The molecule has 0 aromatic heterocycles. The van der Waals surface area contributed by atoms with Gasteiger partial charge >= 0.3 is 0 Å². The first-order chi connectivity index (χ1) is 8.44. The maximum atomic E-state index is 11.8. The topological polar surface area (TPSA) is 58.2 Å². The quantitative estimate of drug-likeness (QED) is 0.750. The summed E-state index contributed by atoms with van der Waals surface area (Å²) in [6.45, 7) is 5.03. The largest absolute Gasteiger partial charge is 0.316 e. The van der Waals surface area contributed by atoms with E-state index in [-0.39, 0.29) is 11.8 Å². The van der Waals surface area contributed by atoms with Crippen molar-refractivity contribution in [3.8, 4) is 0 Å². The highest BCUT2D eigenvalue weighted by Gasteiger charge is 2.15. The van der Waals surface area contributed by atoms with Crippen molar-refractivity contribution in [2.24, 2.45) is 0 Å². The fourth-order valence-electron chi connectivity index (χ4n) is 1.56. The molecule has 2 N–H and O–H groups in total. The molecule has 0 aliphatic heterocycles. The third-order valence-electron chi connectivity index (χ3n) is 2.50. The molecule has 1 aromatic rings. The number of nitrogens with one attached hydrogen (secondary N) is 2. The maximum absolute atomic E-state index is 11.8. The van der Waals surface area contributed by atoms with Crippen LogP contribution in [0.4, 0.5) is 0 Å². The molecule has 0 radical (unpaired) electrons. The molecule has 0 heterocycles. The lowest BCUT2D eigenvalue weighted by molar-refractivity contribution is 0.563. The molecule has 0 aliphatic carbocycles. The molecule has 0 spiro atoms. The molecule has 0 fully saturated rings. The van der Waals surface area contributed by atoms with Crippen LogP contribution in [0.25, 0.3) is 0 Å². The molecule has 1 rings (SSSR count). The third kappa shape index (κ3) is 5.48. The second kappa shape index (κ2) is 7.23. The molecule has 4 nitrogen and oxygen atoms in total. The van der Waals surface area contributed by atoms with Gasteiger partial charge in [0.15, 0.2) is 0 Å². The second-order valence-electron chi connectivity index (χ2n) is 4.07. The van der Waals surface area contributed by atoms with E-state index in [9.17, 15) is 8.42 Å². The summed E-state index contributed by atoms with van der Waals surface area (Å²) in [5.74, 6) is 0.0964. The van der Waals surface area contributed by atoms with Gasteiger partial charge in [-0.2, -0.15) is 0 Å². The van der Waals surface area contributed by atoms with E-state index in [1.54, 1.807) is 0 Å². The Hall–Kier alpha value is -0.430. The molecule has 1 aromatic carbocycles. The number of hydrogen-bond donors (Lipinski definition) is 2. The Morgan fingerprint density at radius 3 is 2.72 bits per heavy atom. The molecule has 1 unspecified atom stereocenters. The Morgan fingerprint density at radius 2 is 2.11 bits per heavy atom. The first kappa shape index (κ1) is 15.6. The van der Waals surface area contributed by atoms with Crippen LogP contribution in [0.1, 0.15) is 25.5 Å². The van der Waals surface area contributed by atoms with E-state index in [1.165, 1.54) is 0 Å². The predicted octanol–water partition coefficient (Wildman–Crippen LogP) is 2.04. The van der Waals surface area contributed by atoms with E-state index in [1.807, 2.05) is 38.1 Å². The van der Waals surface area contributed by atoms with Crippen LogP contribution < -0.4 is 10.0 Å². The Labute approximate surface area is 117 Å². The van der Waals surface area contributed by atoms with Gasteiger partial charge in [-0.3, -0.25) is 0 Å². The Morgan fingerprint density at radius 1 is 1.39 bits per heavy atom. The van der Waals surface area contributed by atoms with Crippen LogP contribution in [0.3, 0.4) is 0 Å². The Balaban J connectivity index is 2.61. The van der Waals surface area contributed by atoms with E-state index in [0.717, 1.165) is 16.6 Å². The minimum absolute atomic E-state index is 0.0964. The zero-order valence-electron chi connectivity index (χ0n) is 10.6.